The molecule has 1 aromatic rings. The first kappa shape index (κ1) is 10.6. The van der Waals surface area contributed by atoms with Gasteiger partial charge in [-0.15, -0.1) is 13.2 Å². The van der Waals surface area contributed by atoms with Crippen molar-refractivity contribution < 1.29 is 22.6 Å². The second kappa shape index (κ2) is 3.73. The molecule has 6 heteroatoms. The second-order valence-electron chi connectivity index (χ2n) is 2.52. The van der Waals surface area contributed by atoms with Crippen LogP contribution in [0, 0.1) is 6.92 Å². The third kappa shape index (κ3) is 2.79. The van der Waals surface area contributed by atoms with E-state index in [1.807, 2.05) is 0 Å². The van der Waals surface area contributed by atoms with Gasteiger partial charge in [0.15, 0.2) is 11.5 Å². The highest BCUT2D eigenvalue weighted by atomic mass is 19.4. The fourth-order valence-corrected chi connectivity index (χ4v) is 0.880. The number of aromatic nitrogens is 1. The maximum absolute atomic E-state index is 11.9. The molecule has 0 saturated heterocycles. The molecular weight excluding hydrogens is 199 g/mol. The summed E-state index contributed by atoms with van der Waals surface area (Å²) in [5.74, 6) is -0.430. The number of alkyl halides is 3. The Bertz CT molecular complexity index is 325. The van der Waals surface area contributed by atoms with Gasteiger partial charge in [0.1, 0.15) is 0 Å². The van der Waals surface area contributed by atoms with Gasteiger partial charge in [-0.2, -0.15) is 0 Å². The van der Waals surface area contributed by atoms with Crippen LogP contribution in [0.5, 0.6) is 11.5 Å². The molecule has 0 amide bonds. The van der Waals surface area contributed by atoms with E-state index in [0.717, 1.165) is 6.07 Å². The van der Waals surface area contributed by atoms with Crippen molar-refractivity contribution in [1.29, 1.82) is 0 Å². The van der Waals surface area contributed by atoms with Gasteiger partial charge in [-0.3, -0.25) is 4.98 Å². The molecule has 0 saturated carbocycles. The monoisotopic (exact) mass is 207 g/mol. The first-order chi connectivity index (χ1) is 6.42. The number of hydrogen-bond donors (Lipinski definition) is 0. The molecule has 0 atom stereocenters. The Morgan fingerprint density at radius 1 is 1.29 bits per heavy atom. The summed E-state index contributed by atoms with van der Waals surface area (Å²) in [4.78, 5) is 3.77. The highest BCUT2D eigenvalue weighted by molar-refractivity contribution is 5.38. The summed E-state index contributed by atoms with van der Waals surface area (Å²) in [6.45, 7) is 1.56. The molecule has 0 radical (unpaired) electrons. The van der Waals surface area contributed by atoms with Gasteiger partial charge in [0.25, 0.3) is 0 Å². The summed E-state index contributed by atoms with van der Waals surface area (Å²) >= 11 is 0. The largest absolute Gasteiger partial charge is 0.573 e. The molecule has 1 heterocycles. The van der Waals surface area contributed by atoms with Crippen molar-refractivity contribution in [2.75, 3.05) is 7.11 Å². The Hall–Kier alpha value is -1.46. The van der Waals surface area contributed by atoms with Gasteiger partial charge in [0.05, 0.1) is 13.3 Å². The fraction of sp³-hybridized carbons (Fsp3) is 0.375. The van der Waals surface area contributed by atoms with Crippen molar-refractivity contribution in [1.82, 2.24) is 4.98 Å². The molecule has 1 aromatic heterocycles. The smallest absolute Gasteiger partial charge is 0.491 e. The highest BCUT2D eigenvalue weighted by Gasteiger charge is 2.32. The van der Waals surface area contributed by atoms with Crippen molar-refractivity contribution >= 4 is 0 Å². The van der Waals surface area contributed by atoms with Gasteiger partial charge in [-0.05, 0) is 6.92 Å². The van der Waals surface area contributed by atoms with Gasteiger partial charge in [0, 0.05) is 11.8 Å². The van der Waals surface area contributed by atoms with E-state index in [-0.39, 0.29) is 11.5 Å². The predicted octanol–water partition coefficient (Wildman–Crippen LogP) is 2.30. The van der Waals surface area contributed by atoms with E-state index in [1.165, 1.54) is 13.3 Å². The number of nitrogens with zero attached hydrogens (tertiary/aromatic N) is 1. The van der Waals surface area contributed by atoms with Gasteiger partial charge in [-0.25, -0.2) is 0 Å². The molecule has 14 heavy (non-hydrogen) atoms. The van der Waals surface area contributed by atoms with Crippen molar-refractivity contribution in [2.24, 2.45) is 0 Å². The van der Waals surface area contributed by atoms with Gasteiger partial charge >= 0.3 is 6.36 Å². The summed E-state index contributed by atoms with van der Waals surface area (Å²) in [6.07, 6.45) is -3.54. The Labute approximate surface area is 78.5 Å². The minimum atomic E-state index is -4.72. The first-order valence-electron chi connectivity index (χ1n) is 3.69. The molecule has 0 fully saturated rings. The van der Waals surface area contributed by atoms with Crippen LogP contribution in [0.4, 0.5) is 13.2 Å². The van der Waals surface area contributed by atoms with Gasteiger partial charge in [-0.1, -0.05) is 0 Å². The number of methoxy groups -OCH3 is 1. The van der Waals surface area contributed by atoms with E-state index in [1.54, 1.807) is 6.92 Å². The predicted molar refractivity (Wildman–Crippen MR) is 42.2 cm³/mol. The molecule has 0 unspecified atom stereocenters. The molecule has 0 bridgehead atoms. The number of aryl methyl sites for hydroxylation is 1. The Kier molecular flexibility index (Phi) is 2.83. The van der Waals surface area contributed by atoms with Crippen LogP contribution in [0.15, 0.2) is 12.3 Å². The number of halogens is 3. The Balaban J connectivity index is 2.99. The zero-order valence-electron chi connectivity index (χ0n) is 7.55. The van der Waals surface area contributed by atoms with Crippen LogP contribution in [-0.4, -0.2) is 18.5 Å². The quantitative estimate of drug-likeness (QED) is 0.745. The van der Waals surface area contributed by atoms with Gasteiger partial charge in [0.2, 0.25) is 0 Å². The summed E-state index contributed by atoms with van der Waals surface area (Å²) in [5, 5.41) is 0. The van der Waals surface area contributed by atoms with E-state index in [9.17, 15) is 13.2 Å². The molecule has 3 nitrogen and oxygen atoms in total. The lowest BCUT2D eigenvalue weighted by Crippen LogP contribution is -2.17. The van der Waals surface area contributed by atoms with Crippen LogP contribution >= 0.6 is 0 Å². The van der Waals surface area contributed by atoms with Crippen LogP contribution < -0.4 is 9.47 Å². The number of pyridine rings is 1. The minimum absolute atomic E-state index is 0.0482. The molecule has 78 valence electrons. The SMILES string of the molecule is COc1cnc(C)cc1OC(F)(F)F. The highest BCUT2D eigenvalue weighted by Crippen LogP contribution is 2.31. The van der Waals surface area contributed by atoms with Crippen LogP contribution in [0.1, 0.15) is 5.69 Å². The fourth-order valence-electron chi connectivity index (χ4n) is 0.880. The molecule has 0 spiro atoms. The number of ether oxygens (including phenoxy) is 2. The van der Waals surface area contributed by atoms with E-state index < -0.39 is 6.36 Å². The Morgan fingerprint density at radius 2 is 1.93 bits per heavy atom. The topological polar surface area (TPSA) is 31.4 Å². The zero-order chi connectivity index (χ0) is 10.8. The lowest BCUT2D eigenvalue weighted by Gasteiger charge is -2.12. The lowest BCUT2D eigenvalue weighted by molar-refractivity contribution is -0.275. The normalized spacial score (nSPS) is 11.2. The first-order valence-corrected chi connectivity index (χ1v) is 3.69. The molecule has 1 rings (SSSR count). The standard InChI is InChI=1S/C8H8F3NO2/c1-5-3-6(14-8(9,10)11)7(13-2)4-12-5/h3-4H,1-2H3. The summed E-state index contributed by atoms with van der Waals surface area (Å²) in [7, 11) is 1.25. The third-order valence-corrected chi connectivity index (χ3v) is 1.41. The number of hydrogen-bond acceptors (Lipinski definition) is 3. The van der Waals surface area contributed by atoms with E-state index in [2.05, 4.69) is 14.5 Å². The van der Waals surface area contributed by atoms with Gasteiger partial charge < -0.3 is 9.47 Å². The lowest BCUT2D eigenvalue weighted by atomic mass is 10.3. The summed E-state index contributed by atoms with van der Waals surface area (Å²) in [5.41, 5.74) is 0.421. The molecule has 0 aliphatic rings. The molecule has 0 aromatic carbocycles. The molecule has 0 N–H and O–H groups in total. The van der Waals surface area contributed by atoms with Crippen molar-refractivity contribution in [3.8, 4) is 11.5 Å². The van der Waals surface area contributed by atoms with Crippen molar-refractivity contribution in [3.05, 3.63) is 18.0 Å². The second-order valence-corrected chi connectivity index (χ2v) is 2.52. The Morgan fingerprint density at radius 3 is 2.43 bits per heavy atom. The third-order valence-electron chi connectivity index (χ3n) is 1.41. The van der Waals surface area contributed by atoms with Crippen molar-refractivity contribution in [2.45, 2.75) is 13.3 Å². The average molecular weight is 207 g/mol. The zero-order valence-corrected chi connectivity index (χ0v) is 7.55. The summed E-state index contributed by atoms with van der Waals surface area (Å²) in [6, 6.07) is 1.16. The van der Waals surface area contributed by atoms with Crippen LogP contribution in [0.2, 0.25) is 0 Å². The number of rotatable bonds is 2. The minimum Gasteiger partial charge on any atom is -0.491 e. The van der Waals surface area contributed by atoms with E-state index >= 15 is 0 Å². The molecule has 0 aliphatic heterocycles. The van der Waals surface area contributed by atoms with Crippen LogP contribution in [0.25, 0.3) is 0 Å². The average Bonchev–Trinajstić information content (AvgIpc) is 2.01. The van der Waals surface area contributed by atoms with E-state index in [0.29, 0.717) is 5.69 Å². The van der Waals surface area contributed by atoms with Crippen LogP contribution in [-0.2, 0) is 0 Å². The van der Waals surface area contributed by atoms with Crippen molar-refractivity contribution in [3.63, 3.8) is 0 Å². The maximum Gasteiger partial charge on any atom is 0.573 e. The summed E-state index contributed by atoms with van der Waals surface area (Å²) < 4.78 is 44.1. The molecular formula is C8H8F3NO2. The molecule has 0 aliphatic carbocycles. The van der Waals surface area contributed by atoms with Crippen LogP contribution in [0.3, 0.4) is 0 Å². The van der Waals surface area contributed by atoms with E-state index in [4.69, 9.17) is 0 Å². The maximum atomic E-state index is 11.9.